The Kier molecular flexibility index (Phi) is 7.03. The number of nitrogens with zero attached hydrogens (tertiary/aromatic N) is 2. The van der Waals surface area contributed by atoms with Gasteiger partial charge in [0.15, 0.2) is 5.92 Å². The minimum Gasteiger partial charge on any atom is -0.335 e. The number of carbonyl (C=O) groups is 3. The fourth-order valence-corrected chi connectivity index (χ4v) is 3.04. The molecule has 1 fully saturated rings. The van der Waals surface area contributed by atoms with Crippen molar-refractivity contribution in [3.8, 4) is 0 Å². The number of rotatable bonds is 8. The Balaban J connectivity index is 2.09. The van der Waals surface area contributed by atoms with E-state index in [9.17, 15) is 14.4 Å². The summed E-state index contributed by atoms with van der Waals surface area (Å²) < 4.78 is 0. The van der Waals surface area contributed by atoms with Gasteiger partial charge in [-0.2, -0.15) is 0 Å². The zero-order valence-corrected chi connectivity index (χ0v) is 15.6. The molecule has 0 bridgehead atoms. The van der Waals surface area contributed by atoms with Crippen molar-refractivity contribution >= 4 is 29.2 Å². The van der Waals surface area contributed by atoms with Crippen molar-refractivity contribution in [2.24, 2.45) is 10.9 Å². The fourth-order valence-electron chi connectivity index (χ4n) is 3.04. The zero-order chi connectivity index (χ0) is 19.1. The van der Waals surface area contributed by atoms with Crippen molar-refractivity contribution in [2.45, 2.75) is 27.2 Å². The summed E-state index contributed by atoms with van der Waals surface area (Å²) in [5.74, 6) is -2.22. The highest BCUT2D eigenvalue weighted by molar-refractivity contribution is 6.35. The van der Waals surface area contributed by atoms with Gasteiger partial charge in [0.25, 0.3) is 5.91 Å². The molecule has 1 aliphatic heterocycles. The monoisotopic (exact) mass is 359 g/mol. The van der Waals surface area contributed by atoms with E-state index in [4.69, 9.17) is 0 Å². The summed E-state index contributed by atoms with van der Waals surface area (Å²) in [4.78, 5) is 44.0. The summed E-state index contributed by atoms with van der Waals surface area (Å²) in [6.07, 6.45) is 0.887. The molecule has 2 N–H and O–H groups in total. The maximum atomic E-state index is 12.8. The third kappa shape index (κ3) is 4.54. The van der Waals surface area contributed by atoms with E-state index in [1.54, 1.807) is 37.3 Å². The molecule has 0 aromatic heterocycles. The first-order valence-corrected chi connectivity index (χ1v) is 9.07. The van der Waals surface area contributed by atoms with Gasteiger partial charge in [0.2, 0.25) is 5.91 Å². The average Bonchev–Trinajstić information content (AvgIpc) is 2.62. The van der Waals surface area contributed by atoms with Gasteiger partial charge in [-0.15, -0.1) is 0 Å². The van der Waals surface area contributed by atoms with E-state index in [1.807, 2.05) is 0 Å². The molecule has 1 aliphatic rings. The predicted octanol–water partition coefficient (Wildman–Crippen LogP) is 0.661. The Morgan fingerprint density at radius 1 is 1.15 bits per heavy atom. The van der Waals surface area contributed by atoms with Crippen LogP contribution < -0.4 is 15.1 Å². The van der Waals surface area contributed by atoms with Crippen molar-refractivity contribution in [3.05, 3.63) is 30.3 Å². The van der Waals surface area contributed by atoms with Crippen LogP contribution in [0.4, 0.5) is 10.5 Å². The van der Waals surface area contributed by atoms with Crippen molar-refractivity contribution in [1.29, 1.82) is 0 Å². The van der Waals surface area contributed by atoms with Crippen LogP contribution in [-0.2, 0) is 9.59 Å². The molecule has 7 heteroatoms. The molecule has 1 aromatic carbocycles. The Hall–Kier alpha value is -2.54. The number of aliphatic imine (C=N–C) groups is 1. The lowest BCUT2D eigenvalue weighted by Gasteiger charge is -2.30. The van der Waals surface area contributed by atoms with Gasteiger partial charge < -0.3 is 4.90 Å². The van der Waals surface area contributed by atoms with Gasteiger partial charge in [-0.25, -0.2) is 9.69 Å². The number of barbiturate groups is 1. The number of carbonyl (C=O) groups excluding carboxylic acids is 3. The van der Waals surface area contributed by atoms with Gasteiger partial charge in [-0.1, -0.05) is 18.2 Å². The molecule has 0 radical (unpaired) electrons. The first-order chi connectivity index (χ1) is 12.5. The Labute approximate surface area is 154 Å². The lowest BCUT2D eigenvalue weighted by Crippen LogP contribution is -3.11. The number of quaternary nitrogens is 1. The highest BCUT2D eigenvalue weighted by Gasteiger charge is 2.42. The smallest absolute Gasteiger partial charge is 0.335 e. The van der Waals surface area contributed by atoms with Crippen LogP contribution in [0.1, 0.15) is 27.2 Å². The molecule has 1 heterocycles. The largest absolute Gasteiger partial charge is 0.335 e. The number of anilines is 1. The molecule has 1 unspecified atom stereocenters. The van der Waals surface area contributed by atoms with E-state index in [2.05, 4.69) is 24.2 Å². The maximum Gasteiger partial charge on any atom is 0.335 e. The third-order valence-corrected chi connectivity index (χ3v) is 4.64. The van der Waals surface area contributed by atoms with E-state index < -0.39 is 23.8 Å². The van der Waals surface area contributed by atoms with E-state index in [0.29, 0.717) is 17.9 Å². The summed E-state index contributed by atoms with van der Waals surface area (Å²) in [6, 6.07) is 7.85. The van der Waals surface area contributed by atoms with Crippen LogP contribution in [-0.4, -0.2) is 49.7 Å². The molecule has 140 valence electrons. The number of urea groups is 1. The standard InChI is InChI=1S/C19H26N4O3/c1-4-22(5-2)13-9-12-20-14(3)16-17(24)21-19(26)23(18(16)25)15-10-7-6-8-11-15/h6-8,10-11,16H,4-5,9,12-13H2,1-3H3,(H,21,24,26)/p+1. The van der Waals surface area contributed by atoms with Crippen molar-refractivity contribution in [2.75, 3.05) is 31.1 Å². The van der Waals surface area contributed by atoms with Crippen LogP contribution in [0.3, 0.4) is 0 Å². The number of hydrogen-bond acceptors (Lipinski definition) is 4. The molecule has 26 heavy (non-hydrogen) atoms. The van der Waals surface area contributed by atoms with E-state index in [-0.39, 0.29) is 0 Å². The minimum atomic E-state index is -1.06. The molecule has 1 aromatic rings. The second kappa shape index (κ2) is 9.24. The quantitative estimate of drug-likeness (QED) is 0.406. The van der Waals surface area contributed by atoms with Crippen molar-refractivity contribution in [1.82, 2.24) is 5.32 Å². The van der Waals surface area contributed by atoms with Gasteiger partial charge in [0.05, 0.1) is 25.3 Å². The summed E-state index contributed by atoms with van der Waals surface area (Å²) in [5.41, 5.74) is 0.876. The Morgan fingerprint density at radius 2 is 1.81 bits per heavy atom. The number of nitrogens with one attached hydrogen (secondary N) is 2. The van der Waals surface area contributed by atoms with Crippen LogP contribution >= 0.6 is 0 Å². The Bertz CT molecular complexity index is 683. The summed E-state index contributed by atoms with van der Waals surface area (Å²) in [7, 11) is 0. The van der Waals surface area contributed by atoms with Crippen molar-refractivity contribution in [3.63, 3.8) is 0 Å². The van der Waals surface area contributed by atoms with Crippen LogP contribution in [0, 0.1) is 5.92 Å². The fraction of sp³-hybridized carbons (Fsp3) is 0.474. The third-order valence-electron chi connectivity index (χ3n) is 4.64. The highest BCUT2D eigenvalue weighted by atomic mass is 16.2. The SMILES string of the molecule is CC[NH+](CC)CCCN=C(C)C1C(=O)NC(=O)N(c2ccccc2)C1=O. The van der Waals surface area contributed by atoms with Gasteiger partial charge in [0, 0.05) is 18.7 Å². The summed E-state index contributed by atoms with van der Waals surface area (Å²) in [5, 5.41) is 2.26. The molecule has 0 aliphatic carbocycles. The zero-order valence-electron chi connectivity index (χ0n) is 15.6. The number of para-hydroxylation sites is 1. The lowest BCUT2D eigenvalue weighted by atomic mass is 9.99. The predicted molar refractivity (Wildman–Crippen MR) is 100 cm³/mol. The normalized spacial score (nSPS) is 18.5. The summed E-state index contributed by atoms with van der Waals surface area (Å²) in [6.45, 7) is 9.66. The Morgan fingerprint density at radius 3 is 2.42 bits per heavy atom. The molecule has 2 rings (SSSR count). The molecule has 0 spiro atoms. The van der Waals surface area contributed by atoms with E-state index in [1.165, 1.54) is 4.90 Å². The van der Waals surface area contributed by atoms with Gasteiger partial charge in [-0.3, -0.25) is 19.9 Å². The first-order valence-electron chi connectivity index (χ1n) is 9.07. The molecule has 4 amide bonds. The number of benzene rings is 1. The van der Waals surface area contributed by atoms with E-state index in [0.717, 1.165) is 31.0 Å². The molecule has 1 atom stereocenters. The molecule has 0 saturated carbocycles. The topological polar surface area (TPSA) is 83.3 Å². The first kappa shape index (κ1) is 19.8. The number of amides is 4. The van der Waals surface area contributed by atoms with Gasteiger partial charge in [0.1, 0.15) is 0 Å². The number of imide groups is 2. The second-order valence-corrected chi connectivity index (χ2v) is 6.32. The average molecular weight is 359 g/mol. The highest BCUT2D eigenvalue weighted by Crippen LogP contribution is 2.21. The van der Waals surface area contributed by atoms with Crippen LogP contribution in [0.15, 0.2) is 35.3 Å². The summed E-state index contributed by atoms with van der Waals surface area (Å²) >= 11 is 0. The van der Waals surface area contributed by atoms with Crippen LogP contribution in [0.2, 0.25) is 0 Å². The number of hydrogen-bond donors (Lipinski definition) is 2. The van der Waals surface area contributed by atoms with E-state index >= 15 is 0 Å². The molecule has 1 saturated heterocycles. The van der Waals surface area contributed by atoms with Gasteiger partial charge >= 0.3 is 6.03 Å². The van der Waals surface area contributed by atoms with Crippen molar-refractivity contribution < 1.29 is 19.3 Å². The molecular weight excluding hydrogens is 332 g/mol. The minimum absolute atomic E-state index is 0.436. The van der Waals surface area contributed by atoms with Crippen LogP contribution in [0.25, 0.3) is 0 Å². The molecule has 7 nitrogen and oxygen atoms in total. The lowest BCUT2D eigenvalue weighted by molar-refractivity contribution is -0.896. The second-order valence-electron chi connectivity index (χ2n) is 6.32. The molecular formula is C19H27N4O3+. The van der Waals surface area contributed by atoms with Gasteiger partial charge in [-0.05, 0) is 32.9 Å². The maximum absolute atomic E-state index is 12.8. The van der Waals surface area contributed by atoms with Crippen LogP contribution in [0.5, 0.6) is 0 Å².